The van der Waals surface area contributed by atoms with Crippen LogP contribution in [0.2, 0.25) is 0 Å². The minimum Gasteiger partial charge on any atom is -0.394 e. The van der Waals surface area contributed by atoms with Crippen LogP contribution in [0.5, 0.6) is 0 Å². The maximum atomic E-state index is 12.7. The van der Waals surface area contributed by atoms with Gasteiger partial charge in [0.2, 0.25) is 17.7 Å². The van der Waals surface area contributed by atoms with Crippen molar-refractivity contribution in [3.63, 3.8) is 0 Å². The van der Waals surface area contributed by atoms with Gasteiger partial charge in [-0.2, -0.15) is 0 Å². The van der Waals surface area contributed by atoms with E-state index >= 15 is 0 Å². The molecule has 1 atom stereocenters. The van der Waals surface area contributed by atoms with E-state index in [1.54, 1.807) is 41.5 Å². The van der Waals surface area contributed by atoms with E-state index in [2.05, 4.69) is 63.7 Å². The molecule has 1 unspecified atom stereocenters. The van der Waals surface area contributed by atoms with Crippen LogP contribution in [0.4, 0.5) is 0 Å². The van der Waals surface area contributed by atoms with Crippen LogP contribution >= 0.6 is 47.8 Å². The second-order valence-corrected chi connectivity index (χ2v) is 17.8. The molecule has 43 heavy (non-hydrogen) atoms. The number of alkyl halides is 3. The lowest BCUT2D eigenvalue weighted by molar-refractivity contribution is -0.124. The zero-order valence-corrected chi connectivity index (χ0v) is 31.1. The molecule has 254 valence electrons. The lowest BCUT2D eigenvalue weighted by Crippen LogP contribution is -2.57. The maximum Gasteiger partial charge on any atom is 0.236 e. The molecule has 12 nitrogen and oxygen atoms in total. The second-order valence-electron chi connectivity index (χ2n) is 11.8. The first-order valence-electron chi connectivity index (χ1n) is 14.4. The first-order valence-corrected chi connectivity index (χ1v) is 16.7. The predicted molar refractivity (Wildman–Crippen MR) is 176 cm³/mol. The first kappa shape index (κ1) is 42.6. The second kappa shape index (κ2) is 21.4. The third kappa shape index (κ3) is 21.1. The van der Waals surface area contributed by atoms with Gasteiger partial charge in [-0.1, -0.05) is 47.8 Å². The number of ether oxygens (including phenoxy) is 4. The molecule has 0 heterocycles. The number of aliphatic hydroxyl groups excluding tert-OH is 2. The zero-order chi connectivity index (χ0) is 33.2. The largest absolute Gasteiger partial charge is 0.394 e. The summed E-state index contributed by atoms with van der Waals surface area (Å²) in [7, 11) is 0. The molecular formula is C28H52Br3N3O9. The summed E-state index contributed by atoms with van der Waals surface area (Å²) in [6.07, 6.45) is 0.449. The molecule has 0 rings (SSSR count). The minimum atomic E-state index is -0.866. The Balaban J connectivity index is 4.94. The van der Waals surface area contributed by atoms with Crippen LogP contribution in [-0.4, -0.2) is 126 Å². The number of hydrogen-bond acceptors (Lipinski definition) is 9. The fourth-order valence-electron chi connectivity index (χ4n) is 3.24. The van der Waals surface area contributed by atoms with Crippen molar-refractivity contribution >= 4 is 65.5 Å². The van der Waals surface area contributed by atoms with Gasteiger partial charge in [0.25, 0.3) is 0 Å². The Bertz CT molecular complexity index is 742. The molecule has 0 aromatic rings. The number of amides is 3. The van der Waals surface area contributed by atoms with Gasteiger partial charge in [0.1, 0.15) is 0 Å². The van der Waals surface area contributed by atoms with E-state index in [0.29, 0.717) is 52.5 Å². The third-order valence-corrected chi connectivity index (χ3v) is 7.13. The van der Waals surface area contributed by atoms with Crippen LogP contribution in [0.25, 0.3) is 0 Å². The summed E-state index contributed by atoms with van der Waals surface area (Å²) in [6, 6.07) is 0. The summed E-state index contributed by atoms with van der Waals surface area (Å²) in [4.78, 5) is 38.1. The van der Waals surface area contributed by atoms with Crippen molar-refractivity contribution in [1.29, 1.82) is 0 Å². The molecule has 0 fully saturated rings. The Kier molecular flexibility index (Phi) is 21.2. The van der Waals surface area contributed by atoms with Crippen LogP contribution in [0.15, 0.2) is 0 Å². The van der Waals surface area contributed by atoms with Crippen molar-refractivity contribution in [2.75, 3.05) is 79.1 Å². The Morgan fingerprint density at radius 1 is 0.628 bits per heavy atom. The van der Waals surface area contributed by atoms with E-state index in [1.807, 2.05) is 0 Å². The lowest BCUT2D eigenvalue weighted by Gasteiger charge is -2.36. The van der Waals surface area contributed by atoms with E-state index in [4.69, 9.17) is 24.1 Å². The minimum absolute atomic E-state index is 0.120. The highest BCUT2D eigenvalue weighted by atomic mass is 79.9. The standard InChI is InChI=1S/C28H52Br3N3O9/c1-25(2,29)22(37)32-17-28(18-33-23(38)26(3,4)30,19-34-24(39)27(5,6)31)20-43-15-14-42-13-12-41-11-10-40-9-7-8-21(36)16-35/h21,35-36H,7-20H2,1-6H3,(H,32,37)(H,33,38)(H,34,39). The van der Waals surface area contributed by atoms with Crippen molar-refractivity contribution in [3.8, 4) is 0 Å². The molecule has 0 saturated heterocycles. The van der Waals surface area contributed by atoms with Gasteiger partial charge in [0.15, 0.2) is 0 Å². The molecule has 5 N–H and O–H groups in total. The van der Waals surface area contributed by atoms with Crippen molar-refractivity contribution in [2.24, 2.45) is 5.41 Å². The van der Waals surface area contributed by atoms with Gasteiger partial charge >= 0.3 is 0 Å². The molecule has 0 spiro atoms. The highest BCUT2D eigenvalue weighted by Crippen LogP contribution is 2.22. The molecule has 0 aliphatic rings. The van der Waals surface area contributed by atoms with E-state index < -0.39 is 24.5 Å². The number of aliphatic hydroxyl groups is 2. The third-order valence-electron chi connectivity index (χ3n) is 6.05. The monoisotopic (exact) mass is 811 g/mol. The van der Waals surface area contributed by atoms with E-state index in [0.717, 1.165) is 0 Å². The van der Waals surface area contributed by atoms with Crippen LogP contribution in [0, 0.1) is 5.41 Å². The SMILES string of the molecule is CC(C)(Br)C(=O)NCC(CNC(=O)C(C)(C)Br)(CNC(=O)C(C)(C)Br)COCCOCCOCCOCCCC(O)CO. The molecule has 0 aliphatic carbocycles. The molecule has 0 radical (unpaired) electrons. The smallest absolute Gasteiger partial charge is 0.236 e. The summed E-state index contributed by atoms with van der Waals surface area (Å²) < 4.78 is 20.0. The summed E-state index contributed by atoms with van der Waals surface area (Å²) in [5.74, 6) is -0.735. The summed E-state index contributed by atoms with van der Waals surface area (Å²) in [5, 5.41) is 26.8. The average molecular weight is 814 g/mol. The van der Waals surface area contributed by atoms with Crippen LogP contribution in [0.3, 0.4) is 0 Å². The van der Waals surface area contributed by atoms with Gasteiger partial charge < -0.3 is 45.1 Å². The average Bonchev–Trinajstić information content (AvgIpc) is 2.91. The normalized spacial score (nSPS) is 13.5. The molecule has 0 aliphatic heterocycles. The topological polar surface area (TPSA) is 165 Å². The number of hydrogen-bond donors (Lipinski definition) is 5. The van der Waals surface area contributed by atoms with E-state index in [9.17, 15) is 19.5 Å². The highest BCUT2D eigenvalue weighted by molar-refractivity contribution is 9.10. The summed E-state index contributed by atoms with van der Waals surface area (Å²) in [5.41, 5.74) is -0.866. The van der Waals surface area contributed by atoms with Crippen molar-refractivity contribution in [3.05, 3.63) is 0 Å². The highest BCUT2D eigenvalue weighted by Gasteiger charge is 2.37. The van der Waals surface area contributed by atoms with Crippen molar-refractivity contribution in [1.82, 2.24) is 16.0 Å². The van der Waals surface area contributed by atoms with Gasteiger partial charge in [-0.05, 0) is 54.4 Å². The van der Waals surface area contributed by atoms with Gasteiger partial charge in [-0.3, -0.25) is 14.4 Å². The summed E-state index contributed by atoms with van der Waals surface area (Å²) >= 11 is 10.1. The quantitative estimate of drug-likeness (QED) is 0.0686. The fraction of sp³-hybridized carbons (Fsp3) is 0.893. The number of halogens is 3. The maximum absolute atomic E-state index is 12.7. The lowest BCUT2D eigenvalue weighted by atomic mass is 9.87. The predicted octanol–water partition coefficient (Wildman–Crippen LogP) is 2.04. The Morgan fingerprint density at radius 3 is 1.28 bits per heavy atom. The molecule has 0 aromatic carbocycles. The van der Waals surface area contributed by atoms with Crippen molar-refractivity contribution < 1.29 is 43.5 Å². The fourth-order valence-corrected chi connectivity index (χ4v) is 3.66. The first-order chi connectivity index (χ1) is 19.8. The molecule has 15 heteroatoms. The van der Waals surface area contributed by atoms with Crippen molar-refractivity contribution in [2.45, 2.75) is 73.5 Å². The number of rotatable bonds is 25. The molecular weight excluding hydrogens is 762 g/mol. The van der Waals surface area contributed by atoms with Crippen LogP contribution < -0.4 is 16.0 Å². The Morgan fingerprint density at radius 2 is 0.953 bits per heavy atom. The number of carbonyl (C=O) groups is 3. The Labute approximate surface area is 281 Å². The van der Waals surface area contributed by atoms with Gasteiger partial charge in [-0.15, -0.1) is 0 Å². The zero-order valence-electron chi connectivity index (χ0n) is 26.4. The Hall–Kier alpha value is -0.390. The van der Waals surface area contributed by atoms with Crippen LogP contribution in [0.1, 0.15) is 54.4 Å². The molecule has 0 bridgehead atoms. The van der Waals surface area contributed by atoms with Gasteiger partial charge in [0, 0.05) is 31.7 Å². The van der Waals surface area contributed by atoms with E-state index in [-0.39, 0.29) is 57.2 Å². The molecule has 0 saturated carbocycles. The van der Waals surface area contributed by atoms with Crippen LogP contribution in [-0.2, 0) is 33.3 Å². The van der Waals surface area contributed by atoms with E-state index in [1.165, 1.54) is 0 Å². The number of carbonyl (C=O) groups excluding carboxylic acids is 3. The van der Waals surface area contributed by atoms with Gasteiger partial charge in [-0.25, -0.2) is 0 Å². The van der Waals surface area contributed by atoms with Gasteiger partial charge in [0.05, 0.1) is 71.9 Å². The summed E-state index contributed by atoms with van der Waals surface area (Å²) in [6.45, 7) is 13.3. The molecule has 3 amide bonds. The molecule has 0 aromatic heterocycles. The number of nitrogens with one attached hydrogen (secondary N) is 3.